The summed E-state index contributed by atoms with van der Waals surface area (Å²) in [6.45, 7) is 2.70. The van der Waals surface area contributed by atoms with Crippen LogP contribution in [0.3, 0.4) is 0 Å². The summed E-state index contributed by atoms with van der Waals surface area (Å²) < 4.78 is 6.25. The van der Waals surface area contributed by atoms with Gasteiger partial charge in [0.1, 0.15) is 17.1 Å². The van der Waals surface area contributed by atoms with E-state index in [-0.39, 0.29) is 5.75 Å². The molecule has 0 unspecified atom stereocenters. The Balaban J connectivity index is 2.14. The Kier molecular flexibility index (Phi) is 4.75. The fourth-order valence-corrected chi connectivity index (χ4v) is 3.46. The first-order chi connectivity index (χ1) is 13.6. The van der Waals surface area contributed by atoms with Gasteiger partial charge in [0.2, 0.25) is 0 Å². The van der Waals surface area contributed by atoms with Gasteiger partial charge in [-0.3, -0.25) is 4.99 Å². The zero-order chi connectivity index (χ0) is 19.7. The topological polar surface area (TPSA) is 61.0 Å². The molecular weight excluding hydrogens is 352 g/mol. The first-order valence-corrected chi connectivity index (χ1v) is 9.20. The van der Waals surface area contributed by atoms with Crippen LogP contribution in [0.1, 0.15) is 6.92 Å². The van der Waals surface area contributed by atoms with Gasteiger partial charge in [0.05, 0.1) is 5.36 Å². The van der Waals surface area contributed by atoms with E-state index < -0.39 is 0 Å². The van der Waals surface area contributed by atoms with Crippen molar-refractivity contribution in [3.63, 3.8) is 0 Å². The van der Waals surface area contributed by atoms with Gasteiger partial charge in [0.15, 0.2) is 0 Å². The summed E-state index contributed by atoms with van der Waals surface area (Å²) in [7, 11) is 3.98. The van der Waals surface area contributed by atoms with E-state index in [9.17, 15) is 5.26 Å². The van der Waals surface area contributed by atoms with Gasteiger partial charge in [-0.1, -0.05) is 18.2 Å². The van der Waals surface area contributed by atoms with E-state index in [2.05, 4.69) is 9.88 Å². The number of benzene rings is 3. The van der Waals surface area contributed by atoms with E-state index in [1.807, 2.05) is 74.4 Å². The molecule has 5 nitrogen and oxygen atoms in total. The fraction of sp³-hybridized carbons (Fsp3) is 0.174. The van der Waals surface area contributed by atoms with Crippen molar-refractivity contribution < 1.29 is 14.6 Å². The Bertz CT molecular complexity index is 1180. The highest BCUT2D eigenvalue weighted by atomic mass is 17.1. The van der Waals surface area contributed by atoms with Crippen molar-refractivity contribution in [2.45, 2.75) is 6.92 Å². The van der Waals surface area contributed by atoms with Crippen molar-refractivity contribution in [1.29, 1.82) is 0 Å². The molecule has 0 radical (unpaired) electrons. The number of anilines is 1. The summed E-state index contributed by atoms with van der Waals surface area (Å²) in [6.07, 6.45) is 0. The van der Waals surface area contributed by atoms with E-state index in [0.717, 1.165) is 38.7 Å². The van der Waals surface area contributed by atoms with Crippen molar-refractivity contribution in [2.75, 3.05) is 25.5 Å². The van der Waals surface area contributed by atoms with Gasteiger partial charge in [-0.05, 0) is 37.3 Å². The first-order valence-electron chi connectivity index (χ1n) is 9.20. The Morgan fingerprint density at radius 2 is 1.82 bits per heavy atom. The lowest BCUT2D eigenvalue weighted by atomic mass is 9.93. The van der Waals surface area contributed by atoms with Gasteiger partial charge in [-0.15, -0.1) is 0 Å². The quantitative estimate of drug-likeness (QED) is 0.310. The Morgan fingerprint density at radius 3 is 2.57 bits per heavy atom. The van der Waals surface area contributed by atoms with E-state index in [0.29, 0.717) is 12.3 Å². The van der Waals surface area contributed by atoms with Gasteiger partial charge in [-0.25, -0.2) is 0 Å². The van der Waals surface area contributed by atoms with Crippen LogP contribution in [-0.2, 0) is 0 Å². The van der Waals surface area contributed by atoms with Crippen molar-refractivity contribution >= 4 is 16.7 Å². The lowest BCUT2D eigenvalue weighted by molar-refractivity contribution is -0.634. The van der Waals surface area contributed by atoms with Crippen LogP contribution in [-0.4, -0.2) is 20.6 Å². The van der Waals surface area contributed by atoms with Crippen LogP contribution >= 0.6 is 0 Å². The minimum atomic E-state index is 0.287. The fourth-order valence-electron chi connectivity index (χ4n) is 3.46. The predicted octanol–water partition coefficient (Wildman–Crippen LogP) is 3.85. The maximum absolute atomic E-state index is 11.3. The molecule has 142 valence electrons. The summed E-state index contributed by atoms with van der Waals surface area (Å²) in [5, 5.41) is 13.1. The third-order valence-electron chi connectivity index (χ3n) is 4.79. The molecule has 2 aliphatic rings. The molecule has 0 amide bonds. The second-order valence-electron chi connectivity index (χ2n) is 6.79. The molecule has 0 bridgehead atoms. The van der Waals surface area contributed by atoms with E-state index in [4.69, 9.17) is 4.42 Å². The summed E-state index contributed by atoms with van der Waals surface area (Å²) in [5.41, 5.74) is 4.33. The molecule has 1 heterocycles. The minimum absolute atomic E-state index is 0.287. The number of hydrogen-bond donors (Lipinski definition) is 0. The van der Waals surface area contributed by atoms with E-state index in [1.165, 1.54) is 0 Å². The highest BCUT2D eigenvalue weighted by Gasteiger charge is 2.19. The maximum atomic E-state index is 11.3. The molecule has 0 fully saturated rings. The van der Waals surface area contributed by atoms with E-state index >= 15 is 0 Å². The summed E-state index contributed by atoms with van der Waals surface area (Å²) in [4.78, 5) is 10.9. The standard InChI is InChI=1S/C23H22N2O3/c1-4-24-15-9-11-18-21(13-15)27-22-14-16(25(2)3)10-12-19(22)23(18)17-7-5-6-8-20(17)28-26/h5-14,26H,4H2,1-3H3/p-1. The second kappa shape index (κ2) is 7.37. The summed E-state index contributed by atoms with van der Waals surface area (Å²) in [5.74, 6) is 1.00. The molecule has 0 atom stereocenters. The van der Waals surface area contributed by atoms with Crippen LogP contribution < -0.4 is 20.4 Å². The van der Waals surface area contributed by atoms with Crippen LogP contribution in [0.15, 0.2) is 70.1 Å². The van der Waals surface area contributed by atoms with Crippen LogP contribution in [0.25, 0.3) is 33.4 Å². The van der Waals surface area contributed by atoms with Gasteiger partial charge in [-0.2, -0.15) is 0 Å². The number of hydrogen-bond acceptors (Lipinski definition) is 5. The van der Waals surface area contributed by atoms with Crippen LogP contribution in [0.4, 0.5) is 5.69 Å². The molecule has 0 N–H and O–H groups in total. The number of nitrogens with zero attached hydrogens (tertiary/aromatic N) is 2. The van der Waals surface area contributed by atoms with Gasteiger partial charge >= 0.3 is 0 Å². The number of para-hydroxylation sites is 1. The first kappa shape index (κ1) is 18.1. The molecule has 0 aromatic heterocycles. The minimum Gasteiger partial charge on any atom is -0.664 e. The zero-order valence-corrected chi connectivity index (χ0v) is 16.1. The average Bonchev–Trinajstić information content (AvgIpc) is 2.71. The lowest BCUT2D eigenvalue weighted by Gasteiger charge is -2.20. The molecule has 2 aromatic carbocycles. The van der Waals surface area contributed by atoms with Crippen molar-refractivity contribution in [2.24, 2.45) is 4.99 Å². The Hall–Kier alpha value is -3.31. The SMILES string of the molecule is CCN=c1ccc2c(-c3ccccc3O[O-])c3ccc(N(C)C)cc3oc-2c1. The average molecular weight is 373 g/mol. The van der Waals surface area contributed by atoms with Crippen LogP contribution in [0, 0.1) is 0 Å². The molecule has 5 heteroatoms. The van der Waals surface area contributed by atoms with Gasteiger partial charge in [0, 0.05) is 60.5 Å². The maximum Gasteiger partial charge on any atom is 0.137 e. The highest BCUT2D eigenvalue weighted by molar-refractivity contribution is 6.03. The van der Waals surface area contributed by atoms with Crippen LogP contribution in [0.5, 0.6) is 5.75 Å². The largest absolute Gasteiger partial charge is 0.664 e. The highest BCUT2D eigenvalue weighted by Crippen LogP contribution is 2.43. The number of fused-ring (bicyclic) bond motifs is 2. The molecule has 0 saturated heterocycles. The Labute approximate surface area is 163 Å². The van der Waals surface area contributed by atoms with Crippen LogP contribution in [0.2, 0.25) is 0 Å². The number of rotatable bonds is 4. The smallest absolute Gasteiger partial charge is 0.137 e. The third-order valence-corrected chi connectivity index (χ3v) is 4.79. The molecule has 4 rings (SSSR count). The molecule has 0 saturated carbocycles. The molecule has 0 spiro atoms. The van der Waals surface area contributed by atoms with Gasteiger partial charge < -0.3 is 19.5 Å². The Morgan fingerprint density at radius 1 is 1.00 bits per heavy atom. The monoisotopic (exact) mass is 373 g/mol. The molecular formula is C23H21N2O3-. The second-order valence-corrected chi connectivity index (χ2v) is 6.79. The molecule has 1 aliphatic heterocycles. The summed E-state index contributed by atoms with van der Waals surface area (Å²) in [6, 6.07) is 19.2. The lowest BCUT2D eigenvalue weighted by Crippen LogP contribution is -2.10. The van der Waals surface area contributed by atoms with Crippen molar-refractivity contribution in [1.82, 2.24) is 0 Å². The molecule has 1 aliphatic carbocycles. The zero-order valence-electron chi connectivity index (χ0n) is 16.1. The van der Waals surface area contributed by atoms with Crippen molar-refractivity contribution in [3.05, 3.63) is 66.0 Å². The van der Waals surface area contributed by atoms with Gasteiger partial charge in [0.25, 0.3) is 0 Å². The molecule has 28 heavy (non-hydrogen) atoms. The summed E-state index contributed by atoms with van der Waals surface area (Å²) >= 11 is 0. The third kappa shape index (κ3) is 3.10. The van der Waals surface area contributed by atoms with E-state index in [1.54, 1.807) is 12.1 Å². The normalized spacial score (nSPS) is 11.9. The van der Waals surface area contributed by atoms with Crippen molar-refractivity contribution in [3.8, 4) is 28.2 Å². The predicted molar refractivity (Wildman–Crippen MR) is 109 cm³/mol. The molecule has 2 aromatic rings.